The van der Waals surface area contributed by atoms with Gasteiger partial charge >= 0.3 is 24.3 Å². The highest BCUT2D eigenvalue weighted by atomic mass is 32.2. The molecule has 1 aliphatic heterocycles. The number of hydrogen-bond acceptors (Lipinski definition) is 10. The Morgan fingerprint density at radius 3 is 2.15 bits per heavy atom. The van der Waals surface area contributed by atoms with E-state index in [1.54, 1.807) is 41.7 Å². The zero-order valence-electron chi connectivity index (χ0n) is 35.6. The SMILES string of the molecule is CCOC(=O)C(F)(F)F.Cc1c(C)c(S(=O)(=O)N=C(N)CCCC[C@H](NC(=O)OC(C)(C)C)C(=O)CCCN(C)C(=O)OCc2ccccc2)c(C)c2c1OC(C)(C)C2. The van der Waals surface area contributed by atoms with Gasteiger partial charge in [-0.1, -0.05) is 36.8 Å². The van der Waals surface area contributed by atoms with E-state index in [1.807, 2.05) is 51.1 Å². The molecular weight excluding hydrogens is 798 g/mol. The normalized spacial score (nSPS) is 14.2. The number of amidine groups is 1. The topological polar surface area (TPSA) is 193 Å². The molecule has 3 N–H and O–H groups in total. The number of nitrogens with two attached hydrogens (primary N) is 1. The maximum absolute atomic E-state index is 13.5. The fraction of sp³-hybridized carbons (Fsp3) is 0.585. The molecule has 1 aliphatic rings. The predicted molar refractivity (Wildman–Crippen MR) is 216 cm³/mol. The molecule has 1 atom stereocenters. The van der Waals surface area contributed by atoms with Gasteiger partial charge in [-0.25, -0.2) is 14.4 Å². The third-order valence-electron chi connectivity index (χ3n) is 8.98. The van der Waals surface area contributed by atoms with E-state index >= 15 is 0 Å². The third kappa shape index (κ3) is 16.4. The van der Waals surface area contributed by atoms with Crippen molar-refractivity contribution in [3.05, 3.63) is 58.1 Å². The lowest BCUT2D eigenvalue weighted by Gasteiger charge is -2.23. The monoisotopic (exact) mass is 856 g/mol. The van der Waals surface area contributed by atoms with Crippen LogP contribution in [0.5, 0.6) is 5.75 Å². The van der Waals surface area contributed by atoms with Crippen molar-refractivity contribution in [3.63, 3.8) is 0 Å². The summed E-state index contributed by atoms with van der Waals surface area (Å²) in [6.07, 6.45) is -3.65. The number of halogens is 3. The molecule has 0 spiro atoms. The molecule has 330 valence electrons. The number of sulfonamides is 1. The number of alkyl halides is 3. The van der Waals surface area contributed by atoms with E-state index in [1.165, 1.54) is 11.8 Å². The Labute approximate surface area is 345 Å². The van der Waals surface area contributed by atoms with Crippen molar-refractivity contribution in [2.75, 3.05) is 20.2 Å². The molecule has 3 rings (SSSR count). The molecule has 2 aromatic rings. The smallest absolute Gasteiger partial charge is 0.487 e. The van der Waals surface area contributed by atoms with E-state index < -0.39 is 51.6 Å². The van der Waals surface area contributed by atoms with Gasteiger partial charge in [-0.15, -0.1) is 4.40 Å². The van der Waals surface area contributed by atoms with Crippen molar-refractivity contribution >= 4 is 39.8 Å². The first-order valence-corrected chi connectivity index (χ1v) is 20.7. The number of ether oxygens (including phenoxy) is 4. The summed E-state index contributed by atoms with van der Waals surface area (Å²) in [7, 11) is -2.50. The number of carbonyl (C=O) groups excluding carboxylic acids is 4. The van der Waals surface area contributed by atoms with Crippen molar-refractivity contribution in [1.29, 1.82) is 0 Å². The standard InChI is InChI=1S/C37H54N4O8S.C4H5F3O2/c1-24-25(2)33(26(3)28-22-37(7,8)48-32(24)28)50(45,46)40-31(38)20-14-13-18-29(39-34(43)49-36(4,5)6)30(42)19-15-21-41(9)35(44)47-23-27-16-11-10-12-17-27;1-2-9-3(8)4(5,6)7/h10-12,16-17,29H,13-15,18-23H2,1-9H3,(H2,38,40)(H,39,43);2H2,1H3/t29-;/m0./s1. The number of amides is 2. The summed E-state index contributed by atoms with van der Waals surface area (Å²) in [5, 5.41) is 2.68. The van der Waals surface area contributed by atoms with E-state index in [2.05, 4.69) is 14.5 Å². The van der Waals surface area contributed by atoms with E-state index in [-0.39, 0.29) is 55.5 Å². The summed E-state index contributed by atoms with van der Waals surface area (Å²) in [6.45, 7) is 16.0. The first kappa shape index (κ1) is 50.3. The number of esters is 1. The molecule has 0 bridgehead atoms. The Morgan fingerprint density at radius 1 is 0.966 bits per heavy atom. The molecule has 59 heavy (non-hydrogen) atoms. The Hall–Kier alpha value is -4.87. The third-order valence-corrected chi connectivity index (χ3v) is 10.6. The number of fused-ring (bicyclic) bond motifs is 1. The molecule has 1 heterocycles. The number of alkyl carbamates (subject to hydrolysis) is 1. The molecule has 0 aromatic heterocycles. The van der Waals surface area contributed by atoms with Gasteiger partial charge in [0.25, 0.3) is 10.0 Å². The highest BCUT2D eigenvalue weighted by Gasteiger charge is 2.40. The molecule has 14 nitrogen and oxygen atoms in total. The molecular formula is C41H59F3N4O10S. The second kappa shape index (κ2) is 21.4. The van der Waals surface area contributed by atoms with Gasteiger partial charge < -0.3 is 34.9 Å². The number of rotatable bonds is 16. The summed E-state index contributed by atoms with van der Waals surface area (Å²) in [5.41, 5.74) is 8.66. The maximum atomic E-state index is 13.5. The molecule has 0 fully saturated rings. The summed E-state index contributed by atoms with van der Waals surface area (Å²) in [6, 6.07) is 8.49. The van der Waals surface area contributed by atoms with Crippen molar-refractivity contribution < 1.29 is 59.7 Å². The van der Waals surface area contributed by atoms with E-state index in [9.17, 15) is 40.8 Å². The largest absolute Gasteiger partial charge is 0.490 e. The van der Waals surface area contributed by atoms with Crippen LogP contribution < -0.4 is 15.8 Å². The Balaban J connectivity index is 0.00000119. The average molecular weight is 857 g/mol. The minimum absolute atomic E-state index is 0.0382. The lowest BCUT2D eigenvalue weighted by molar-refractivity contribution is -0.199. The fourth-order valence-corrected chi connectivity index (χ4v) is 7.64. The van der Waals surface area contributed by atoms with Gasteiger partial charge in [0.1, 0.15) is 29.4 Å². The second-order valence-electron chi connectivity index (χ2n) is 15.8. The lowest BCUT2D eigenvalue weighted by Crippen LogP contribution is -2.43. The average Bonchev–Trinajstić information content (AvgIpc) is 3.45. The Morgan fingerprint density at radius 2 is 1.59 bits per heavy atom. The number of hydrogen-bond donors (Lipinski definition) is 2. The van der Waals surface area contributed by atoms with Crippen LogP contribution in [-0.4, -0.2) is 86.7 Å². The van der Waals surface area contributed by atoms with Crippen molar-refractivity contribution in [2.45, 2.75) is 142 Å². The van der Waals surface area contributed by atoms with E-state index in [0.29, 0.717) is 36.8 Å². The number of Topliss-reactive ketones (excluding diaryl/α,β-unsaturated/α-hetero) is 1. The first-order chi connectivity index (χ1) is 27.2. The fourth-order valence-electron chi connectivity index (χ4n) is 6.09. The van der Waals surface area contributed by atoms with Gasteiger partial charge in [-0.2, -0.15) is 21.6 Å². The Kier molecular flexibility index (Phi) is 18.2. The van der Waals surface area contributed by atoms with Crippen molar-refractivity contribution in [2.24, 2.45) is 10.1 Å². The minimum atomic E-state index is -4.85. The number of nitrogens with one attached hydrogen (secondary N) is 1. The highest BCUT2D eigenvalue weighted by molar-refractivity contribution is 7.90. The summed E-state index contributed by atoms with van der Waals surface area (Å²) >= 11 is 0. The van der Waals surface area contributed by atoms with Crippen molar-refractivity contribution in [1.82, 2.24) is 10.2 Å². The molecule has 0 saturated carbocycles. The lowest BCUT2D eigenvalue weighted by atomic mass is 9.94. The van der Waals surface area contributed by atoms with Crippen LogP contribution in [-0.2, 0) is 46.9 Å². The number of carbonyl (C=O) groups is 4. The molecule has 18 heteroatoms. The first-order valence-electron chi connectivity index (χ1n) is 19.3. The number of unbranched alkanes of at least 4 members (excludes halogenated alkanes) is 1. The molecule has 0 aliphatic carbocycles. The molecule has 0 unspecified atom stereocenters. The van der Waals surface area contributed by atoms with Gasteiger partial charge in [-0.05, 0) is 104 Å². The number of benzene rings is 2. The van der Waals surface area contributed by atoms with Crippen LogP contribution in [0.15, 0.2) is 39.6 Å². The number of nitrogens with zero attached hydrogens (tertiary/aromatic N) is 2. The van der Waals surface area contributed by atoms with Gasteiger partial charge in [0.05, 0.1) is 17.5 Å². The molecule has 0 radical (unpaired) electrons. The maximum Gasteiger partial charge on any atom is 0.490 e. The summed E-state index contributed by atoms with van der Waals surface area (Å²) in [5.74, 6) is -1.65. The van der Waals surface area contributed by atoms with Gasteiger partial charge in [0, 0.05) is 38.4 Å². The summed E-state index contributed by atoms with van der Waals surface area (Å²) < 4.78 is 85.0. The zero-order chi connectivity index (χ0) is 44.9. The van der Waals surface area contributed by atoms with Gasteiger partial charge in [0.15, 0.2) is 5.78 Å². The Bertz CT molecular complexity index is 1930. The number of ketones is 1. The van der Waals surface area contributed by atoms with Crippen LogP contribution in [0.1, 0.15) is 108 Å². The second-order valence-corrected chi connectivity index (χ2v) is 17.3. The van der Waals surface area contributed by atoms with Gasteiger partial charge in [-0.3, -0.25) is 4.79 Å². The summed E-state index contributed by atoms with van der Waals surface area (Å²) in [4.78, 5) is 49.5. The van der Waals surface area contributed by atoms with Crippen molar-refractivity contribution in [3.8, 4) is 5.75 Å². The molecule has 2 amide bonds. The van der Waals surface area contributed by atoms with Crippen LogP contribution >= 0.6 is 0 Å². The van der Waals surface area contributed by atoms with E-state index in [0.717, 1.165) is 22.4 Å². The van der Waals surface area contributed by atoms with Gasteiger partial charge in [0.2, 0.25) is 0 Å². The molecule has 2 aromatic carbocycles. The van der Waals surface area contributed by atoms with Crippen LogP contribution in [0, 0.1) is 20.8 Å². The minimum Gasteiger partial charge on any atom is -0.487 e. The molecule has 0 saturated heterocycles. The quantitative estimate of drug-likeness (QED) is 0.0557. The predicted octanol–water partition coefficient (Wildman–Crippen LogP) is 7.55. The van der Waals surface area contributed by atoms with Crippen LogP contribution in [0.4, 0.5) is 22.8 Å². The van der Waals surface area contributed by atoms with E-state index in [4.69, 9.17) is 19.9 Å². The highest BCUT2D eigenvalue weighted by Crippen LogP contribution is 2.44. The zero-order valence-corrected chi connectivity index (χ0v) is 36.4. The van der Waals surface area contributed by atoms with Crippen LogP contribution in [0.2, 0.25) is 0 Å². The van der Waals surface area contributed by atoms with Crippen LogP contribution in [0.3, 0.4) is 0 Å². The van der Waals surface area contributed by atoms with Crippen LogP contribution in [0.25, 0.3) is 0 Å².